The van der Waals surface area contributed by atoms with Crippen molar-refractivity contribution in [3.63, 3.8) is 0 Å². The summed E-state index contributed by atoms with van der Waals surface area (Å²) in [5, 5.41) is 9.13. The number of para-hydroxylation sites is 1. The number of nitrogens with zero attached hydrogens (tertiary/aromatic N) is 1. The van der Waals surface area contributed by atoms with Gasteiger partial charge in [0, 0.05) is 17.7 Å². The molecular formula is C18H16N2O3. The molecule has 0 heterocycles. The molecule has 3 N–H and O–H groups in total. The molecular weight excluding hydrogens is 292 g/mol. The van der Waals surface area contributed by atoms with Crippen molar-refractivity contribution in [2.24, 2.45) is 10.7 Å². The summed E-state index contributed by atoms with van der Waals surface area (Å²) in [6.45, 7) is -0.0991. The van der Waals surface area contributed by atoms with Gasteiger partial charge >= 0.3 is 0 Å². The summed E-state index contributed by atoms with van der Waals surface area (Å²) in [5.74, 6) is -0.672. The Morgan fingerprint density at radius 1 is 1.04 bits per heavy atom. The van der Waals surface area contributed by atoms with Gasteiger partial charge in [0.1, 0.15) is 11.8 Å². The van der Waals surface area contributed by atoms with E-state index >= 15 is 0 Å². The molecule has 0 bridgehead atoms. The van der Waals surface area contributed by atoms with Crippen molar-refractivity contribution in [1.29, 1.82) is 0 Å². The fraction of sp³-hybridized carbons (Fsp3) is 0.167. The normalized spacial score (nSPS) is 19.0. The number of benzene rings is 2. The maximum Gasteiger partial charge on any atom is 0.210 e. The van der Waals surface area contributed by atoms with Gasteiger partial charge in [-0.2, -0.15) is 0 Å². The first-order valence-electron chi connectivity index (χ1n) is 7.34. The van der Waals surface area contributed by atoms with Crippen LogP contribution in [0.2, 0.25) is 0 Å². The van der Waals surface area contributed by atoms with Crippen LogP contribution in [0, 0.1) is 0 Å². The fourth-order valence-electron chi connectivity index (χ4n) is 2.73. The number of aliphatic hydroxyl groups is 1. The molecule has 1 aliphatic rings. The molecule has 5 nitrogen and oxygen atoms in total. The molecule has 0 radical (unpaired) electrons. The first-order chi connectivity index (χ1) is 11.1. The Morgan fingerprint density at radius 3 is 2.48 bits per heavy atom. The lowest BCUT2D eigenvalue weighted by atomic mass is 9.81. The summed E-state index contributed by atoms with van der Waals surface area (Å²) in [6, 6.07) is 12.9. The van der Waals surface area contributed by atoms with Gasteiger partial charge in [-0.1, -0.05) is 36.4 Å². The van der Waals surface area contributed by atoms with Crippen LogP contribution in [0.15, 0.2) is 53.5 Å². The van der Waals surface area contributed by atoms with Crippen molar-refractivity contribution >= 4 is 23.0 Å². The highest BCUT2D eigenvalue weighted by Crippen LogP contribution is 2.25. The topological polar surface area (TPSA) is 92.8 Å². The smallest absolute Gasteiger partial charge is 0.210 e. The lowest BCUT2D eigenvalue weighted by molar-refractivity contribution is 0.0948. The first-order valence-corrected chi connectivity index (χ1v) is 7.34. The molecule has 1 unspecified atom stereocenters. The third-order valence-electron chi connectivity index (χ3n) is 3.84. The number of carbonyl (C=O) groups excluding carboxylic acids is 2. The van der Waals surface area contributed by atoms with Gasteiger partial charge in [0.2, 0.25) is 5.78 Å². The van der Waals surface area contributed by atoms with Crippen molar-refractivity contribution in [3.05, 3.63) is 65.2 Å². The van der Waals surface area contributed by atoms with Crippen molar-refractivity contribution in [2.45, 2.75) is 12.5 Å². The molecule has 0 aromatic heterocycles. The van der Waals surface area contributed by atoms with Gasteiger partial charge in [0.25, 0.3) is 0 Å². The Hall–Kier alpha value is -2.63. The first kappa shape index (κ1) is 15.3. The minimum atomic E-state index is -1.09. The lowest BCUT2D eigenvalue weighted by Gasteiger charge is -2.23. The zero-order valence-corrected chi connectivity index (χ0v) is 12.4. The molecule has 0 aliphatic heterocycles. The third-order valence-corrected chi connectivity index (χ3v) is 3.84. The fourth-order valence-corrected chi connectivity index (χ4v) is 2.73. The van der Waals surface area contributed by atoms with Crippen LogP contribution in [0.1, 0.15) is 26.3 Å². The summed E-state index contributed by atoms with van der Waals surface area (Å²) >= 11 is 0. The number of ketones is 2. The standard InChI is InChI=1S/C18H16N2O3/c19-15-16(20-12-6-2-1-3-7-12)17(22)13-8-4-5-11(9-10-21)14(13)18(15)23/h1-8,15,21H,9-10,19H2. The quantitative estimate of drug-likeness (QED) is 0.902. The van der Waals surface area contributed by atoms with Crippen molar-refractivity contribution in [1.82, 2.24) is 0 Å². The van der Waals surface area contributed by atoms with E-state index in [0.29, 0.717) is 28.8 Å². The average molecular weight is 308 g/mol. The van der Waals surface area contributed by atoms with Gasteiger partial charge in [-0.3, -0.25) is 9.59 Å². The van der Waals surface area contributed by atoms with Crippen LogP contribution in [0.25, 0.3) is 0 Å². The van der Waals surface area contributed by atoms with Gasteiger partial charge in [0.05, 0.1) is 5.69 Å². The number of nitrogens with two attached hydrogens (primary N) is 1. The second kappa shape index (κ2) is 6.24. The molecule has 2 aromatic carbocycles. The van der Waals surface area contributed by atoms with E-state index < -0.39 is 6.04 Å². The number of carbonyl (C=O) groups is 2. The molecule has 0 spiro atoms. The molecule has 5 heteroatoms. The predicted molar refractivity (Wildman–Crippen MR) is 87.4 cm³/mol. The molecule has 1 aliphatic carbocycles. The Morgan fingerprint density at radius 2 is 1.78 bits per heavy atom. The summed E-state index contributed by atoms with van der Waals surface area (Å²) in [7, 11) is 0. The highest BCUT2D eigenvalue weighted by molar-refractivity contribution is 6.55. The van der Waals surface area contributed by atoms with Crippen molar-refractivity contribution in [3.8, 4) is 0 Å². The van der Waals surface area contributed by atoms with Crippen molar-refractivity contribution < 1.29 is 14.7 Å². The monoisotopic (exact) mass is 308 g/mol. The summed E-state index contributed by atoms with van der Waals surface area (Å²) in [5.41, 5.74) is 7.86. The zero-order chi connectivity index (χ0) is 16.4. The number of aliphatic imine (C=N–C) groups is 1. The number of hydrogen-bond donors (Lipinski definition) is 2. The molecule has 0 fully saturated rings. The van der Waals surface area contributed by atoms with Crippen LogP contribution in [-0.2, 0) is 6.42 Å². The number of aliphatic hydroxyl groups excluding tert-OH is 1. The maximum atomic E-state index is 12.7. The van der Waals surface area contributed by atoms with E-state index in [1.807, 2.05) is 6.07 Å². The van der Waals surface area contributed by atoms with E-state index in [0.717, 1.165) is 0 Å². The average Bonchev–Trinajstić information content (AvgIpc) is 2.58. The summed E-state index contributed by atoms with van der Waals surface area (Å²) in [4.78, 5) is 29.6. The van der Waals surface area contributed by atoms with E-state index in [1.165, 1.54) is 0 Å². The Bertz CT molecular complexity index is 797. The molecule has 3 rings (SSSR count). The Labute approximate surface area is 133 Å². The van der Waals surface area contributed by atoms with Crippen LogP contribution in [0.3, 0.4) is 0 Å². The van der Waals surface area contributed by atoms with E-state index in [4.69, 9.17) is 10.8 Å². The second-order valence-corrected chi connectivity index (χ2v) is 5.32. The molecule has 23 heavy (non-hydrogen) atoms. The van der Waals surface area contributed by atoms with E-state index in [2.05, 4.69) is 4.99 Å². The molecule has 2 aromatic rings. The third kappa shape index (κ3) is 2.72. The van der Waals surface area contributed by atoms with Crippen molar-refractivity contribution in [2.75, 3.05) is 6.61 Å². The van der Waals surface area contributed by atoms with Crippen LogP contribution in [-0.4, -0.2) is 35.0 Å². The molecule has 1 atom stereocenters. The molecule has 0 saturated heterocycles. The van der Waals surface area contributed by atoms with Crippen LogP contribution < -0.4 is 5.73 Å². The number of hydrogen-bond acceptors (Lipinski definition) is 5. The van der Waals surface area contributed by atoms with Gasteiger partial charge in [0.15, 0.2) is 5.78 Å². The van der Waals surface area contributed by atoms with Gasteiger partial charge in [-0.05, 0) is 24.1 Å². The lowest BCUT2D eigenvalue weighted by Crippen LogP contribution is -2.47. The minimum Gasteiger partial charge on any atom is -0.396 e. The maximum absolute atomic E-state index is 12.7. The zero-order valence-electron chi connectivity index (χ0n) is 12.4. The van der Waals surface area contributed by atoms with Gasteiger partial charge < -0.3 is 10.8 Å². The number of fused-ring (bicyclic) bond motifs is 1. The number of Topliss-reactive ketones (excluding diaryl/α,β-unsaturated/α-hetero) is 2. The van der Waals surface area contributed by atoms with Crippen LogP contribution in [0.4, 0.5) is 5.69 Å². The number of rotatable bonds is 3. The van der Waals surface area contributed by atoms with E-state index in [1.54, 1.807) is 42.5 Å². The largest absolute Gasteiger partial charge is 0.396 e. The summed E-state index contributed by atoms with van der Waals surface area (Å²) in [6.07, 6.45) is 0.306. The molecule has 0 amide bonds. The van der Waals surface area contributed by atoms with Gasteiger partial charge in [-0.15, -0.1) is 0 Å². The highest BCUT2D eigenvalue weighted by Gasteiger charge is 2.37. The molecule has 116 valence electrons. The van der Waals surface area contributed by atoms with Gasteiger partial charge in [-0.25, -0.2) is 4.99 Å². The van der Waals surface area contributed by atoms with Crippen LogP contribution >= 0.6 is 0 Å². The predicted octanol–water partition coefficient (Wildman–Crippen LogP) is 1.70. The Balaban J connectivity index is 2.12. The second-order valence-electron chi connectivity index (χ2n) is 5.32. The summed E-state index contributed by atoms with van der Waals surface area (Å²) < 4.78 is 0. The highest BCUT2D eigenvalue weighted by atomic mass is 16.3. The molecule has 0 saturated carbocycles. The van der Waals surface area contributed by atoms with E-state index in [-0.39, 0.29) is 23.9 Å². The SMILES string of the molecule is NC1C(=O)c2c(CCO)cccc2C(=O)C1=Nc1ccccc1. The van der Waals surface area contributed by atoms with E-state index in [9.17, 15) is 9.59 Å². The Kier molecular flexibility index (Phi) is 4.14. The minimum absolute atomic E-state index is 0.0508. The van der Waals surface area contributed by atoms with Crippen LogP contribution in [0.5, 0.6) is 0 Å².